The third-order valence-corrected chi connectivity index (χ3v) is 4.39. The minimum Gasteiger partial charge on any atom is -0.307 e. The van der Waals surface area contributed by atoms with E-state index < -0.39 is 0 Å². The smallest absolute Gasteiger partial charge is 0.0305 e. The third-order valence-electron chi connectivity index (χ3n) is 3.67. The first-order valence-electron chi connectivity index (χ1n) is 6.71. The topological polar surface area (TPSA) is 12.0 Å². The van der Waals surface area contributed by atoms with Crippen LogP contribution in [0.3, 0.4) is 0 Å². The summed E-state index contributed by atoms with van der Waals surface area (Å²) in [5.41, 5.74) is 1.36. The van der Waals surface area contributed by atoms with Gasteiger partial charge in [0.15, 0.2) is 0 Å². The van der Waals surface area contributed by atoms with Crippen LogP contribution in [0.5, 0.6) is 0 Å². The van der Waals surface area contributed by atoms with Crippen LogP contribution in [0, 0.1) is 5.92 Å². The highest BCUT2D eigenvalue weighted by Gasteiger charge is 2.25. The molecule has 94 valence electrons. The van der Waals surface area contributed by atoms with Crippen LogP contribution in [-0.2, 0) is 0 Å². The Bertz CT molecular complexity index is 360. The molecule has 1 saturated carbocycles. The Morgan fingerprint density at radius 2 is 2.06 bits per heavy atom. The molecular weight excluding hydrogens is 274 g/mol. The summed E-state index contributed by atoms with van der Waals surface area (Å²) in [5.74, 6) is 0.999. The van der Waals surface area contributed by atoms with Gasteiger partial charge in [-0.3, -0.25) is 0 Å². The highest BCUT2D eigenvalue weighted by atomic mass is 79.9. The van der Waals surface area contributed by atoms with Crippen LogP contribution in [0.4, 0.5) is 0 Å². The maximum absolute atomic E-state index is 3.77. The molecule has 1 N–H and O–H groups in total. The number of hydrogen-bond acceptors (Lipinski definition) is 1. The first-order chi connectivity index (χ1) is 8.20. The van der Waals surface area contributed by atoms with Gasteiger partial charge in [-0.15, -0.1) is 0 Å². The van der Waals surface area contributed by atoms with E-state index in [1.165, 1.54) is 35.7 Å². The maximum Gasteiger partial charge on any atom is 0.0305 e. The summed E-state index contributed by atoms with van der Waals surface area (Å²) in [7, 11) is 0. The minimum atomic E-state index is 0.425. The molecule has 2 unspecified atom stereocenters. The van der Waals surface area contributed by atoms with E-state index in [1.807, 2.05) is 0 Å². The first-order valence-corrected chi connectivity index (χ1v) is 7.50. The summed E-state index contributed by atoms with van der Waals surface area (Å²) in [5, 5.41) is 3.77. The molecule has 1 aromatic carbocycles. The van der Waals surface area contributed by atoms with Crippen molar-refractivity contribution in [3.05, 3.63) is 34.3 Å². The van der Waals surface area contributed by atoms with Crippen molar-refractivity contribution in [1.29, 1.82) is 0 Å². The molecule has 0 saturated heterocycles. The van der Waals surface area contributed by atoms with Gasteiger partial charge in [-0.1, -0.05) is 53.9 Å². The molecule has 0 spiro atoms. The van der Waals surface area contributed by atoms with Gasteiger partial charge in [-0.2, -0.15) is 0 Å². The normalized spacial score (nSPS) is 19.0. The van der Waals surface area contributed by atoms with Crippen LogP contribution in [0.15, 0.2) is 28.7 Å². The lowest BCUT2D eigenvalue weighted by Gasteiger charge is -2.23. The van der Waals surface area contributed by atoms with Crippen molar-refractivity contribution in [2.75, 3.05) is 0 Å². The van der Waals surface area contributed by atoms with Crippen molar-refractivity contribution >= 4 is 15.9 Å². The molecule has 2 rings (SSSR count). The van der Waals surface area contributed by atoms with Crippen LogP contribution in [-0.4, -0.2) is 6.04 Å². The summed E-state index contributed by atoms with van der Waals surface area (Å²) < 4.78 is 1.21. The Morgan fingerprint density at radius 1 is 1.35 bits per heavy atom. The van der Waals surface area contributed by atoms with Gasteiger partial charge < -0.3 is 5.32 Å². The van der Waals surface area contributed by atoms with Crippen molar-refractivity contribution in [3.63, 3.8) is 0 Å². The van der Waals surface area contributed by atoms with Crippen LogP contribution >= 0.6 is 15.9 Å². The summed E-state index contributed by atoms with van der Waals surface area (Å²) in [6, 6.07) is 9.60. The van der Waals surface area contributed by atoms with Gasteiger partial charge >= 0.3 is 0 Å². The fraction of sp³-hybridized carbons (Fsp3) is 0.600. The Morgan fingerprint density at radius 3 is 2.65 bits per heavy atom. The minimum absolute atomic E-state index is 0.425. The second-order valence-electron chi connectivity index (χ2n) is 5.19. The number of halogens is 1. The van der Waals surface area contributed by atoms with Gasteiger partial charge in [0.25, 0.3) is 0 Å². The zero-order chi connectivity index (χ0) is 12.3. The molecule has 1 aliphatic carbocycles. The average Bonchev–Trinajstić information content (AvgIpc) is 3.12. The molecule has 0 heterocycles. The van der Waals surface area contributed by atoms with Crippen molar-refractivity contribution in [2.45, 2.75) is 51.6 Å². The van der Waals surface area contributed by atoms with E-state index in [-0.39, 0.29) is 0 Å². The number of rotatable bonds is 6. The Labute approximate surface area is 113 Å². The second-order valence-corrected chi connectivity index (χ2v) is 6.05. The lowest BCUT2D eigenvalue weighted by Crippen LogP contribution is -2.31. The Kier molecular flexibility index (Phi) is 4.63. The van der Waals surface area contributed by atoms with Gasteiger partial charge in [0.05, 0.1) is 0 Å². The molecule has 1 aliphatic rings. The van der Waals surface area contributed by atoms with Crippen LogP contribution < -0.4 is 5.32 Å². The van der Waals surface area contributed by atoms with Gasteiger partial charge in [0, 0.05) is 16.6 Å². The SMILES string of the molecule is CCC(CC1CC1)NC(C)c1ccccc1Br. The van der Waals surface area contributed by atoms with E-state index in [0.717, 1.165) is 5.92 Å². The van der Waals surface area contributed by atoms with E-state index >= 15 is 0 Å². The molecule has 2 heteroatoms. The molecule has 1 aromatic rings. The predicted molar refractivity (Wildman–Crippen MR) is 77.1 cm³/mol. The molecule has 0 bridgehead atoms. The van der Waals surface area contributed by atoms with Crippen LogP contribution in [0.1, 0.15) is 51.1 Å². The zero-order valence-corrected chi connectivity index (χ0v) is 12.3. The van der Waals surface area contributed by atoms with Crippen molar-refractivity contribution in [1.82, 2.24) is 5.32 Å². The second kappa shape index (κ2) is 6.01. The van der Waals surface area contributed by atoms with Gasteiger partial charge in [0.1, 0.15) is 0 Å². The fourth-order valence-corrected chi connectivity index (χ4v) is 3.01. The van der Waals surface area contributed by atoms with Crippen LogP contribution in [0.2, 0.25) is 0 Å². The van der Waals surface area contributed by atoms with E-state index in [1.54, 1.807) is 0 Å². The fourth-order valence-electron chi connectivity index (χ4n) is 2.38. The van der Waals surface area contributed by atoms with Crippen molar-refractivity contribution in [3.8, 4) is 0 Å². The van der Waals surface area contributed by atoms with Gasteiger partial charge in [0.2, 0.25) is 0 Å². The maximum atomic E-state index is 3.77. The standard InChI is InChI=1S/C15H22BrN/c1-3-13(10-12-8-9-12)17-11(2)14-6-4-5-7-15(14)16/h4-7,11-13,17H,3,8-10H2,1-2H3. The molecule has 0 aliphatic heterocycles. The summed E-state index contributed by atoms with van der Waals surface area (Å²) in [6.45, 7) is 4.54. The zero-order valence-electron chi connectivity index (χ0n) is 10.7. The average molecular weight is 296 g/mol. The molecule has 2 atom stereocenters. The molecular formula is C15H22BrN. The largest absolute Gasteiger partial charge is 0.307 e. The molecule has 17 heavy (non-hydrogen) atoms. The molecule has 1 nitrogen and oxygen atoms in total. The lowest BCUT2D eigenvalue weighted by molar-refractivity contribution is 0.403. The molecule has 0 aromatic heterocycles. The molecule has 0 radical (unpaired) electrons. The highest BCUT2D eigenvalue weighted by molar-refractivity contribution is 9.10. The quantitative estimate of drug-likeness (QED) is 0.804. The molecule has 0 amide bonds. The van der Waals surface area contributed by atoms with E-state index in [4.69, 9.17) is 0 Å². The highest BCUT2D eigenvalue weighted by Crippen LogP contribution is 2.34. The van der Waals surface area contributed by atoms with E-state index in [9.17, 15) is 0 Å². The van der Waals surface area contributed by atoms with Gasteiger partial charge in [-0.05, 0) is 37.3 Å². The van der Waals surface area contributed by atoms with Crippen LogP contribution in [0.25, 0.3) is 0 Å². The number of benzene rings is 1. The first kappa shape index (κ1) is 13.1. The number of hydrogen-bond donors (Lipinski definition) is 1. The Hall–Kier alpha value is -0.340. The summed E-state index contributed by atoms with van der Waals surface area (Å²) in [6.07, 6.45) is 5.47. The molecule has 1 fully saturated rings. The number of nitrogens with one attached hydrogen (secondary N) is 1. The summed E-state index contributed by atoms with van der Waals surface area (Å²) in [4.78, 5) is 0. The van der Waals surface area contributed by atoms with Gasteiger partial charge in [-0.25, -0.2) is 0 Å². The lowest BCUT2D eigenvalue weighted by atomic mass is 10.0. The van der Waals surface area contributed by atoms with E-state index in [2.05, 4.69) is 59.4 Å². The summed E-state index contributed by atoms with van der Waals surface area (Å²) >= 11 is 3.63. The monoisotopic (exact) mass is 295 g/mol. The predicted octanol–water partition coefficient (Wildman–Crippen LogP) is 4.68. The third kappa shape index (κ3) is 3.82. The Balaban J connectivity index is 1.94. The van der Waals surface area contributed by atoms with Crippen molar-refractivity contribution < 1.29 is 0 Å². The van der Waals surface area contributed by atoms with Crippen molar-refractivity contribution in [2.24, 2.45) is 5.92 Å². The van der Waals surface area contributed by atoms with E-state index in [0.29, 0.717) is 12.1 Å².